The van der Waals surface area contributed by atoms with Crippen LogP contribution in [0.15, 0.2) is 12.4 Å². The minimum atomic E-state index is -0.729. The maximum absolute atomic E-state index is 10.8. The molecule has 1 aliphatic heterocycles. The summed E-state index contributed by atoms with van der Waals surface area (Å²) in [6.45, 7) is 3.75. The first-order valence-electron chi connectivity index (χ1n) is 6.50. The summed E-state index contributed by atoms with van der Waals surface area (Å²) in [6, 6.07) is 0. The predicted molar refractivity (Wildman–Crippen MR) is 73.4 cm³/mol. The Bertz CT molecular complexity index is 455. The smallest absolute Gasteiger partial charge is 0.303 e. The second-order valence-corrected chi connectivity index (χ2v) is 5.51. The molecule has 2 heterocycles. The maximum Gasteiger partial charge on any atom is 0.303 e. The predicted octanol–water partition coefficient (Wildman–Crippen LogP) is 2.46. The summed E-state index contributed by atoms with van der Waals surface area (Å²) in [5.41, 5.74) is 0. The summed E-state index contributed by atoms with van der Waals surface area (Å²) in [5, 5.41) is 9.27. The Morgan fingerprint density at radius 1 is 1.63 bits per heavy atom. The van der Waals surface area contributed by atoms with Crippen molar-refractivity contribution in [1.29, 1.82) is 0 Å². The van der Waals surface area contributed by atoms with Gasteiger partial charge in [0.15, 0.2) is 0 Å². The van der Waals surface area contributed by atoms with Gasteiger partial charge in [0, 0.05) is 19.5 Å². The minimum Gasteiger partial charge on any atom is -0.481 e. The topological polar surface area (TPSA) is 66.3 Å². The Kier molecular flexibility index (Phi) is 4.58. The van der Waals surface area contributed by atoms with Gasteiger partial charge in [-0.1, -0.05) is 18.5 Å². The van der Waals surface area contributed by atoms with E-state index >= 15 is 0 Å². The standard InChI is InChI=1S/C13H18ClN3O2/c1-9(5-13(18)19)10-3-2-4-17(8-10)12-7-15-6-11(14)16-12/h6-7,9-10H,2-5,8H2,1H3,(H,18,19). The van der Waals surface area contributed by atoms with Crippen molar-refractivity contribution in [2.75, 3.05) is 18.0 Å². The van der Waals surface area contributed by atoms with Crippen molar-refractivity contribution in [1.82, 2.24) is 9.97 Å². The molecule has 0 bridgehead atoms. The van der Waals surface area contributed by atoms with Crippen LogP contribution in [-0.2, 0) is 4.79 Å². The molecular weight excluding hydrogens is 266 g/mol. The van der Waals surface area contributed by atoms with E-state index in [-0.39, 0.29) is 12.3 Å². The monoisotopic (exact) mass is 283 g/mol. The molecule has 0 spiro atoms. The molecule has 0 radical (unpaired) electrons. The molecule has 1 aromatic heterocycles. The van der Waals surface area contributed by atoms with Gasteiger partial charge < -0.3 is 10.0 Å². The summed E-state index contributed by atoms with van der Waals surface area (Å²) in [6.07, 6.45) is 5.55. The first-order chi connectivity index (χ1) is 9.06. The minimum absolute atomic E-state index is 0.174. The van der Waals surface area contributed by atoms with E-state index in [1.165, 1.54) is 6.20 Å². The largest absolute Gasteiger partial charge is 0.481 e. The van der Waals surface area contributed by atoms with Crippen molar-refractivity contribution < 1.29 is 9.90 Å². The van der Waals surface area contributed by atoms with Crippen molar-refractivity contribution in [3.63, 3.8) is 0 Å². The van der Waals surface area contributed by atoms with Crippen LogP contribution >= 0.6 is 11.6 Å². The highest BCUT2D eigenvalue weighted by Crippen LogP contribution is 2.28. The third kappa shape index (κ3) is 3.80. The Balaban J connectivity index is 2.02. The highest BCUT2D eigenvalue weighted by molar-refractivity contribution is 6.29. The van der Waals surface area contributed by atoms with Gasteiger partial charge in [-0.15, -0.1) is 0 Å². The lowest BCUT2D eigenvalue weighted by Gasteiger charge is -2.36. The normalized spacial score (nSPS) is 21.2. The lowest BCUT2D eigenvalue weighted by Crippen LogP contribution is -2.38. The summed E-state index contributed by atoms with van der Waals surface area (Å²) in [5.74, 6) is 0.602. The van der Waals surface area contributed by atoms with Gasteiger partial charge in [0.05, 0.1) is 12.4 Å². The molecule has 1 aromatic rings. The van der Waals surface area contributed by atoms with Crippen LogP contribution in [0, 0.1) is 11.8 Å². The van der Waals surface area contributed by atoms with E-state index in [0.717, 1.165) is 31.7 Å². The fraction of sp³-hybridized carbons (Fsp3) is 0.615. The van der Waals surface area contributed by atoms with Gasteiger partial charge in [0.25, 0.3) is 0 Å². The number of carboxylic acid groups (broad SMARTS) is 1. The summed E-state index contributed by atoms with van der Waals surface area (Å²) >= 11 is 5.85. The molecule has 1 aliphatic rings. The quantitative estimate of drug-likeness (QED) is 0.919. The van der Waals surface area contributed by atoms with Crippen molar-refractivity contribution in [2.45, 2.75) is 26.2 Å². The first-order valence-corrected chi connectivity index (χ1v) is 6.88. The summed E-state index contributed by atoms with van der Waals surface area (Å²) in [4.78, 5) is 21.3. The molecule has 0 saturated carbocycles. The van der Waals surface area contributed by atoms with Gasteiger partial charge in [-0.3, -0.25) is 9.78 Å². The van der Waals surface area contributed by atoms with E-state index in [1.54, 1.807) is 6.20 Å². The van der Waals surface area contributed by atoms with Crippen LogP contribution in [0.2, 0.25) is 5.15 Å². The van der Waals surface area contributed by atoms with Gasteiger partial charge >= 0.3 is 5.97 Å². The van der Waals surface area contributed by atoms with Crippen LogP contribution < -0.4 is 4.90 Å². The fourth-order valence-electron chi connectivity index (χ4n) is 2.61. The number of carbonyl (C=O) groups is 1. The zero-order chi connectivity index (χ0) is 13.8. The average molecular weight is 284 g/mol. The van der Waals surface area contributed by atoms with E-state index < -0.39 is 5.97 Å². The lowest BCUT2D eigenvalue weighted by atomic mass is 9.85. The third-order valence-corrected chi connectivity index (χ3v) is 3.86. The number of rotatable bonds is 4. The highest BCUT2D eigenvalue weighted by Gasteiger charge is 2.26. The van der Waals surface area contributed by atoms with E-state index in [2.05, 4.69) is 14.9 Å². The molecular formula is C13H18ClN3O2. The Labute approximate surface area is 117 Å². The van der Waals surface area contributed by atoms with Crippen LogP contribution in [0.3, 0.4) is 0 Å². The number of hydrogen-bond acceptors (Lipinski definition) is 4. The van der Waals surface area contributed by atoms with Crippen LogP contribution in [-0.4, -0.2) is 34.1 Å². The Hall–Kier alpha value is -1.36. The summed E-state index contributed by atoms with van der Waals surface area (Å²) in [7, 11) is 0. The zero-order valence-electron chi connectivity index (χ0n) is 10.9. The second kappa shape index (κ2) is 6.19. The molecule has 1 saturated heterocycles. The molecule has 6 heteroatoms. The molecule has 5 nitrogen and oxygen atoms in total. The molecule has 0 aromatic carbocycles. The van der Waals surface area contributed by atoms with Crippen LogP contribution in [0.25, 0.3) is 0 Å². The SMILES string of the molecule is CC(CC(=O)O)C1CCCN(c2cncc(Cl)n2)C1. The Morgan fingerprint density at radius 3 is 3.11 bits per heavy atom. The molecule has 0 aliphatic carbocycles. The van der Waals surface area contributed by atoms with Crippen LogP contribution in [0.1, 0.15) is 26.2 Å². The summed E-state index contributed by atoms with van der Waals surface area (Å²) < 4.78 is 0. The van der Waals surface area contributed by atoms with Crippen molar-refractivity contribution in [3.05, 3.63) is 17.5 Å². The maximum atomic E-state index is 10.8. The number of aromatic nitrogens is 2. The second-order valence-electron chi connectivity index (χ2n) is 5.12. The van der Waals surface area contributed by atoms with Gasteiger partial charge in [0.1, 0.15) is 11.0 Å². The van der Waals surface area contributed by atoms with Crippen LogP contribution in [0.4, 0.5) is 5.82 Å². The lowest BCUT2D eigenvalue weighted by molar-refractivity contribution is -0.138. The molecule has 1 fully saturated rings. The van der Waals surface area contributed by atoms with E-state index in [1.807, 2.05) is 6.92 Å². The van der Waals surface area contributed by atoms with Crippen molar-refractivity contribution >= 4 is 23.4 Å². The molecule has 2 unspecified atom stereocenters. The van der Waals surface area contributed by atoms with Gasteiger partial charge in [-0.05, 0) is 24.7 Å². The number of hydrogen-bond donors (Lipinski definition) is 1. The Morgan fingerprint density at radius 2 is 2.42 bits per heavy atom. The number of nitrogens with zero attached hydrogens (tertiary/aromatic N) is 3. The fourth-order valence-corrected chi connectivity index (χ4v) is 2.75. The van der Waals surface area contributed by atoms with Crippen LogP contribution in [0.5, 0.6) is 0 Å². The number of piperidine rings is 1. The number of halogens is 1. The van der Waals surface area contributed by atoms with Crippen molar-refractivity contribution in [2.24, 2.45) is 11.8 Å². The number of carboxylic acids is 1. The molecule has 19 heavy (non-hydrogen) atoms. The first kappa shape index (κ1) is 14.1. The molecule has 0 amide bonds. The van der Waals surface area contributed by atoms with Crippen molar-refractivity contribution in [3.8, 4) is 0 Å². The van der Waals surface area contributed by atoms with E-state index in [0.29, 0.717) is 11.1 Å². The van der Waals surface area contributed by atoms with E-state index in [4.69, 9.17) is 16.7 Å². The van der Waals surface area contributed by atoms with Gasteiger partial charge in [-0.25, -0.2) is 4.98 Å². The van der Waals surface area contributed by atoms with Gasteiger partial charge in [0.2, 0.25) is 0 Å². The molecule has 1 N–H and O–H groups in total. The average Bonchev–Trinajstić information content (AvgIpc) is 2.38. The number of aliphatic carboxylic acids is 1. The van der Waals surface area contributed by atoms with Gasteiger partial charge in [-0.2, -0.15) is 0 Å². The molecule has 104 valence electrons. The molecule has 2 atom stereocenters. The number of anilines is 1. The molecule has 2 rings (SSSR count). The van der Waals surface area contributed by atoms with E-state index in [9.17, 15) is 4.79 Å². The zero-order valence-corrected chi connectivity index (χ0v) is 11.7. The third-order valence-electron chi connectivity index (χ3n) is 3.68. The highest BCUT2D eigenvalue weighted by atomic mass is 35.5.